The predicted octanol–water partition coefficient (Wildman–Crippen LogP) is 1.99. The number of rotatable bonds is 6. The van der Waals surface area contributed by atoms with Crippen LogP contribution in [0.25, 0.3) is 0 Å². The van der Waals surface area contributed by atoms with Gasteiger partial charge in [-0.3, -0.25) is 4.68 Å². The lowest BCUT2D eigenvalue weighted by Crippen LogP contribution is -2.16. The molecule has 0 fully saturated rings. The topological polar surface area (TPSA) is 64.0 Å². The molecule has 2 aromatic rings. The summed E-state index contributed by atoms with van der Waals surface area (Å²) < 4.78 is 49.9. The Morgan fingerprint density at radius 1 is 1.25 bits per heavy atom. The molecular weight excluding hydrogens is 288 g/mol. The predicted molar refractivity (Wildman–Crippen MR) is 70.3 cm³/mol. The van der Waals surface area contributed by atoms with Crippen molar-refractivity contribution in [3.05, 3.63) is 42.7 Å². The van der Waals surface area contributed by atoms with E-state index >= 15 is 0 Å². The summed E-state index contributed by atoms with van der Waals surface area (Å²) in [5.41, 5.74) is 0.167. The van der Waals surface area contributed by atoms with Crippen LogP contribution in [0.15, 0.2) is 47.6 Å². The van der Waals surface area contributed by atoms with E-state index in [0.29, 0.717) is 13.1 Å². The van der Waals surface area contributed by atoms with Crippen LogP contribution in [0, 0.1) is 0 Å². The lowest BCUT2D eigenvalue weighted by Gasteiger charge is -2.12. The summed E-state index contributed by atoms with van der Waals surface area (Å²) in [6.07, 6.45) is 3.37. The van der Waals surface area contributed by atoms with Crippen molar-refractivity contribution >= 4 is 15.5 Å². The van der Waals surface area contributed by atoms with Gasteiger partial charge in [-0.2, -0.15) is 13.9 Å². The van der Waals surface area contributed by atoms with Crippen LogP contribution in [-0.4, -0.2) is 30.5 Å². The molecule has 108 valence electrons. The number of hydrogen-bond donors (Lipinski definition) is 1. The summed E-state index contributed by atoms with van der Waals surface area (Å²) in [6.45, 7) is 0.869. The fraction of sp³-hybridized carbons (Fsp3) is 0.250. The molecule has 0 saturated heterocycles. The second-order valence-corrected chi connectivity index (χ2v) is 5.88. The second-order valence-electron chi connectivity index (χ2n) is 4.00. The molecule has 2 rings (SSSR count). The van der Waals surface area contributed by atoms with E-state index in [9.17, 15) is 17.2 Å². The average molecular weight is 301 g/mol. The number of sulfone groups is 1. The summed E-state index contributed by atoms with van der Waals surface area (Å²) in [6, 6.07) is 7.37. The number of anilines is 1. The van der Waals surface area contributed by atoms with Gasteiger partial charge in [0.1, 0.15) is 0 Å². The molecule has 0 aliphatic rings. The molecule has 0 aliphatic heterocycles. The smallest absolute Gasteiger partial charge is 0.341 e. The highest BCUT2D eigenvalue weighted by molar-refractivity contribution is 7.91. The van der Waals surface area contributed by atoms with Gasteiger partial charge in [0.05, 0.1) is 17.1 Å². The molecule has 0 atom stereocenters. The van der Waals surface area contributed by atoms with Gasteiger partial charge in [0.15, 0.2) is 0 Å². The largest absolute Gasteiger partial charge is 0.382 e. The van der Waals surface area contributed by atoms with Crippen LogP contribution >= 0.6 is 0 Å². The Labute approximate surface area is 115 Å². The van der Waals surface area contributed by atoms with Gasteiger partial charge < -0.3 is 5.32 Å². The SMILES string of the molecule is O=S(=O)(c1ccccc1NCCn1cccn1)C(F)F. The zero-order chi connectivity index (χ0) is 14.6. The maximum Gasteiger partial charge on any atom is 0.341 e. The van der Waals surface area contributed by atoms with E-state index in [1.54, 1.807) is 29.2 Å². The highest BCUT2D eigenvalue weighted by atomic mass is 32.2. The summed E-state index contributed by atoms with van der Waals surface area (Å²) in [5, 5.41) is 6.82. The maximum absolute atomic E-state index is 12.6. The van der Waals surface area contributed by atoms with E-state index in [1.807, 2.05) is 0 Å². The third-order valence-electron chi connectivity index (χ3n) is 2.64. The fourth-order valence-corrected chi connectivity index (χ4v) is 2.60. The molecule has 0 spiro atoms. The standard InChI is InChI=1S/C12H13F2N3O2S/c13-12(14)20(18,19)11-5-2-1-4-10(11)15-7-9-17-8-3-6-16-17/h1-6,8,12,15H,7,9H2. The fourth-order valence-electron chi connectivity index (χ4n) is 1.69. The van der Waals surface area contributed by atoms with Crippen LogP contribution < -0.4 is 5.32 Å². The van der Waals surface area contributed by atoms with Crippen molar-refractivity contribution in [1.29, 1.82) is 0 Å². The highest BCUT2D eigenvalue weighted by Crippen LogP contribution is 2.25. The first-order chi connectivity index (χ1) is 9.51. The normalized spacial score (nSPS) is 11.8. The monoisotopic (exact) mass is 301 g/mol. The van der Waals surface area contributed by atoms with Crippen LogP contribution in [-0.2, 0) is 16.4 Å². The Morgan fingerprint density at radius 2 is 2.00 bits per heavy atom. The quantitative estimate of drug-likeness (QED) is 0.886. The molecule has 1 heterocycles. The van der Waals surface area contributed by atoms with E-state index in [-0.39, 0.29) is 5.69 Å². The number of alkyl halides is 2. The molecule has 0 saturated carbocycles. The Kier molecular flexibility index (Phi) is 4.33. The van der Waals surface area contributed by atoms with Gasteiger partial charge in [-0.05, 0) is 18.2 Å². The Morgan fingerprint density at radius 3 is 2.65 bits per heavy atom. The van der Waals surface area contributed by atoms with Crippen molar-refractivity contribution in [3.8, 4) is 0 Å². The minimum absolute atomic E-state index is 0.167. The number of nitrogens with zero attached hydrogens (tertiary/aromatic N) is 2. The van der Waals surface area contributed by atoms with Crippen LogP contribution in [0.5, 0.6) is 0 Å². The number of hydrogen-bond acceptors (Lipinski definition) is 4. The number of benzene rings is 1. The summed E-state index contributed by atoms with van der Waals surface area (Å²) in [5.74, 6) is -3.43. The third kappa shape index (κ3) is 3.13. The van der Waals surface area contributed by atoms with Crippen LogP contribution in [0.1, 0.15) is 0 Å². The lowest BCUT2D eigenvalue weighted by molar-refractivity contribution is 0.235. The minimum atomic E-state index is -4.61. The van der Waals surface area contributed by atoms with Gasteiger partial charge in [0.2, 0.25) is 9.84 Å². The highest BCUT2D eigenvalue weighted by Gasteiger charge is 2.28. The molecule has 0 amide bonds. The Bertz CT molecular complexity index is 657. The number of para-hydroxylation sites is 1. The molecule has 20 heavy (non-hydrogen) atoms. The minimum Gasteiger partial charge on any atom is -0.382 e. The van der Waals surface area contributed by atoms with Crippen molar-refractivity contribution in [2.45, 2.75) is 17.2 Å². The number of halogens is 2. The van der Waals surface area contributed by atoms with Crippen LogP contribution in [0.2, 0.25) is 0 Å². The molecular formula is C12H13F2N3O2S. The third-order valence-corrected chi connectivity index (χ3v) is 4.08. The molecule has 5 nitrogen and oxygen atoms in total. The number of nitrogens with one attached hydrogen (secondary N) is 1. The number of aromatic nitrogens is 2. The first-order valence-electron chi connectivity index (χ1n) is 5.84. The molecule has 0 radical (unpaired) electrons. The molecule has 0 aliphatic carbocycles. The van der Waals surface area contributed by atoms with Gasteiger partial charge in [-0.15, -0.1) is 0 Å². The van der Waals surface area contributed by atoms with Gasteiger partial charge in [0.25, 0.3) is 0 Å². The molecule has 1 aromatic carbocycles. The van der Waals surface area contributed by atoms with Crippen LogP contribution in [0.3, 0.4) is 0 Å². The molecule has 0 bridgehead atoms. The van der Waals surface area contributed by atoms with Crippen molar-refractivity contribution in [3.63, 3.8) is 0 Å². The summed E-state index contributed by atoms with van der Waals surface area (Å²) in [4.78, 5) is -0.393. The van der Waals surface area contributed by atoms with Gasteiger partial charge in [-0.25, -0.2) is 8.42 Å². The van der Waals surface area contributed by atoms with E-state index in [0.717, 1.165) is 6.07 Å². The summed E-state index contributed by atoms with van der Waals surface area (Å²) in [7, 11) is -4.61. The molecule has 1 N–H and O–H groups in total. The van der Waals surface area contributed by atoms with Gasteiger partial charge >= 0.3 is 5.76 Å². The van der Waals surface area contributed by atoms with Crippen molar-refractivity contribution in [2.75, 3.05) is 11.9 Å². The molecule has 1 aromatic heterocycles. The van der Waals surface area contributed by atoms with E-state index in [1.165, 1.54) is 12.1 Å². The van der Waals surface area contributed by atoms with Gasteiger partial charge in [0, 0.05) is 18.9 Å². The molecule has 8 heteroatoms. The first kappa shape index (κ1) is 14.4. The first-order valence-corrected chi connectivity index (χ1v) is 7.39. The zero-order valence-electron chi connectivity index (χ0n) is 10.4. The van der Waals surface area contributed by atoms with Crippen LogP contribution in [0.4, 0.5) is 14.5 Å². The maximum atomic E-state index is 12.6. The van der Waals surface area contributed by atoms with Crippen molar-refractivity contribution in [2.24, 2.45) is 0 Å². The van der Waals surface area contributed by atoms with Gasteiger partial charge in [-0.1, -0.05) is 12.1 Å². The van der Waals surface area contributed by atoms with E-state index in [4.69, 9.17) is 0 Å². The Balaban J connectivity index is 2.12. The average Bonchev–Trinajstić information content (AvgIpc) is 2.92. The lowest BCUT2D eigenvalue weighted by atomic mass is 10.3. The molecule has 0 unspecified atom stereocenters. The van der Waals surface area contributed by atoms with E-state index < -0.39 is 20.5 Å². The van der Waals surface area contributed by atoms with Crippen molar-refractivity contribution in [1.82, 2.24) is 9.78 Å². The summed E-state index contributed by atoms with van der Waals surface area (Å²) >= 11 is 0. The second kappa shape index (κ2) is 6.00. The Hall–Kier alpha value is -1.96. The van der Waals surface area contributed by atoms with E-state index in [2.05, 4.69) is 10.4 Å². The zero-order valence-corrected chi connectivity index (χ0v) is 11.2. The van der Waals surface area contributed by atoms with Crippen molar-refractivity contribution < 1.29 is 17.2 Å².